The van der Waals surface area contributed by atoms with E-state index in [-0.39, 0.29) is 34.0 Å². The lowest BCUT2D eigenvalue weighted by atomic mass is 10.0. The Bertz CT molecular complexity index is 2010. The van der Waals surface area contributed by atoms with Crippen molar-refractivity contribution in [3.05, 3.63) is 145 Å². The fraction of sp³-hybridized carbons (Fsp3) is 0.119. The predicted molar refractivity (Wildman–Crippen MR) is 195 cm³/mol. The fourth-order valence-electron chi connectivity index (χ4n) is 4.33. The largest absolute Gasteiger partial charge is 0.461 e. The standard InChI is InChI=1S/C42H38O8/c1-25(2)39(43)47-33-19-21-35(37(23-33)49-41(45)27(5)6)31-15-11-29(12-16-31)9-10-30-13-17-32(18-14-30)36-22-20-34(48-40(44)26(3)4)24-38(36)50-42(46)28(7)8/h9-24,39,43H,1,3,5,7H2,2,4,6,8H3/b10-9+. The van der Waals surface area contributed by atoms with E-state index in [2.05, 4.69) is 26.3 Å². The first-order valence-corrected chi connectivity index (χ1v) is 15.5. The lowest BCUT2D eigenvalue weighted by molar-refractivity contribution is -0.131. The average Bonchev–Trinajstić information content (AvgIpc) is 3.08. The van der Waals surface area contributed by atoms with Crippen molar-refractivity contribution in [1.29, 1.82) is 0 Å². The van der Waals surface area contributed by atoms with Crippen molar-refractivity contribution in [3.8, 4) is 45.3 Å². The molecule has 4 aromatic rings. The third-order valence-electron chi connectivity index (χ3n) is 7.15. The molecule has 254 valence electrons. The van der Waals surface area contributed by atoms with Gasteiger partial charge in [-0.1, -0.05) is 87.0 Å². The zero-order valence-corrected chi connectivity index (χ0v) is 28.4. The molecule has 0 saturated carbocycles. The van der Waals surface area contributed by atoms with Crippen LogP contribution >= 0.6 is 0 Å². The summed E-state index contributed by atoms with van der Waals surface area (Å²) >= 11 is 0. The molecule has 0 aromatic heterocycles. The smallest absolute Gasteiger partial charge is 0.338 e. The lowest BCUT2D eigenvalue weighted by Crippen LogP contribution is -2.16. The number of benzene rings is 4. The molecule has 1 atom stereocenters. The van der Waals surface area contributed by atoms with Crippen LogP contribution < -0.4 is 18.9 Å². The lowest BCUT2D eigenvalue weighted by Gasteiger charge is -2.16. The molecule has 1 unspecified atom stereocenters. The molecule has 0 bridgehead atoms. The minimum absolute atomic E-state index is 0.213. The number of carbonyl (C=O) groups excluding carboxylic acids is 3. The molecule has 1 N–H and O–H groups in total. The Morgan fingerprint density at radius 2 is 0.940 bits per heavy atom. The van der Waals surface area contributed by atoms with E-state index in [1.807, 2.05) is 60.7 Å². The van der Waals surface area contributed by atoms with Crippen molar-refractivity contribution in [2.24, 2.45) is 0 Å². The molecule has 0 amide bonds. The van der Waals surface area contributed by atoms with Crippen LogP contribution in [0.25, 0.3) is 34.4 Å². The van der Waals surface area contributed by atoms with Crippen molar-refractivity contribution in [1.82, 2.24) is 0 Å². The van der Waals surface area contributed by atoms with Crippen LogP contribution in [0.4, 0.5) is 0 Å². The van der Waals surface area contributed by atoms with Crippen LogP contribution in [0.1, 0.15) is 38.8 Å². The van der Waals surface area contributed by atoms with E-state index < -0.39 is 24.2 Å². The number of rotatable bonds is 13. The summed E-state index contributed by atoms with van der Waals surface area (Å²) in [7, 11) is 0. The SMILES string of the molecule is C=C(C)C(=O)Oc1ccc(-c2ccc(/C=C/c3ccc(-c4ccc(OC(O)C(=C)C)cc4OC(=O)C(=C)C)cc3)cc2)c(OC(=O)C(=C)C)c1. The molecule has 0 fully saturated rings. The van der Waals surface area contributed by atoms with Gasteiger partial charge in [0.05, 0.1) is 0 Å². The number of carbonyl (C=O) groups is 3. The van der Waals surface area contributed by atoms with E-state index in [0.29, 0.717) is 22.4 Å². The minimum Gasteiger partial charge on any atom is -0.461 e. The third kappa shape index (κ3) is 9.65. The highest BCUT2D eigenvalue weighted by Gasteiger charge is 2.17. The maximum Gasteiger partial charge on any atom is 0.338 e. The van der Waals surface area contributed by atoms with Gasteiger partial charge in [-0.3, -0.25) is 0 Å². The van der Waals surface area contributed by atoms with Crippen LogP contribution in [-0.2, 0) is 14.4 Å². The fourth-order valence-corrected chi connectivity index (χ4v) is 4.33. The summed E-state index contributed by atoms with van der Waals surface area (Å²) in [5.74, 6) is -0.774. The zero-order valence-electron chi connectivity index (χ0n) is 28.4. The van der Waals surface area contributed by atoms with Crippen LogP contribution in [0.2, 0.25) is 0 Å². The Morgan fingerprint density at radius 1 is 0.560 bits per heavy atom. The van der Waals surface area contributed by atoms with Gasteiger partial charge in [0.15, 0.2) is 0 Å². The van der Waals surface area contributed by atoms with Crippen molar-refractivity contribution in [2.75, 3.05) is 0 Å². The van der Waals surface area contributed by atoms with Gasteiger partial charge < -0.3 is 24.1 Å². The van der Waals surface area contributed by atoms with Gasteiger partial charge in [-0.15, -0.1) is 0 Å². The molecular formula is C42H38O8. The maximum atomic E-state index is 12.4. The van der Waals surface area contributed by atoms with Gasteiger partial charge in [-0.2, -0.15) is 0 Å². The van der Waals surface area contributed by atoms with Gasteiger partial charge in [-0.05, 0) is 79.8 Å². The van der Waals surface area contributed by atoms with Gasteiger partial charge >= 0.3 is 17.9 Å². The summed E-state index contributed by atoms with van der Waals surface area (Å²) in [6.07, 6.45) is 2.71. The van der Waals surface area contributed by atoms with Crippen LogP contribution in [0.3, 0.4) is 0 Å². The molecule has 8 nitrogen and oxygen atoms in total. The monoisotopic (exact) mass is 670 g/mol. The van der Waals surface area contributed by atoms with Crippen molar-refractivity contribution in [2.45, 2.75) is 34.0 Å². The van der Waals surface area contributed by atoms with Gasteiger partial charge in [0.1, 0.15) is 23.0 Å². The topological polar surface area (TPSA) is 108 Å². The molecule has 50 heavy (non-hydrogen) atoms. The molecule has 0 aliphatic heterocycles. The van der Waals surface area contributed by atoms with Gasteiger partial charge in [-0.25, -0.2) is 14.4 Å². The van der Waals surface area contributed by atoms with Crippen LogP contribution in [0, 0.1) is 0 Å². The molecule has 8 heteroatoms. The van der Waals surface area contributed by atoms with E-state index in [0.717, 1.165) is 22.3 Å². The first-order chi connectivity index (χ1) is 23.7. The quantitative estimate of drug-likeness (QED) is 0.0375. The second kappa shape index (κ2) is 16.2. The summed E-state index contributed by atoms with van der Waals surface area (Å²) in [5.41, 5.74) is 5.84. The zero-order chi connectivity index (χ0) is 36.5. The van der Waals surface area contributed by atoms with Gasteiger partial charge in [0.2, 0.25) is 6.29 Å². The number of aliphatic hydroxyl groups is 1. The Morgan fingerprint density at radius 3 is 1.34 bits per heavy atom. The molecule has 4 rings (SSSR count). The summed E-state index contributed by atoms with van der Waals surface area (Å²) in [4.78, 5) is 36.8. The predicted octanol–water partition coefficient (Wildman–Crippen LogP) is 8.91. The Hall–Kier alpha value is -6.25. The van der Waals surface area contributed by atoms with E-state index in [1.165, 1.54) is 6.07 Å². The van der Waals surface area contributed by atoms with Crippen molar-refractivity contribution < 1.29 is 38.4 Å². The molecule has 4 aromatic carbocycles. The number of aliphatic hydroxyl groups excluding tert-OH is 1. The summed E-state index contributed by atoms with van der Waals surface area (Å²) in [5, 5.41) is 10.1. The Labute approximate surface area is 291 Å². The van der Waals surface area contributed by atoms with E-state index >= 15 is 0 Å². The molecule has 0 aliphatic carbocycles. The highest BCUT2D eigenvalue weighted by molar-refractivity contribution is 5.92. The van der Waals surface area contributed by atoms with Crippen molar-refractivity contribution in [3.63, 3.8) is 0 Å². The van der Waals surface area contributed by atoms with Crippen LogP contribution in [0.15, 0.2) is 134 Å². The molecular weight excluding hydrogens is 632 g/mol. The third-order valence-corrected chi connectivity index (χ3v) is 7.15. The molecule has 0 heterocycles. The van der Waals surface area contributed by atoms with E-state index in [4.69, 9.17) is 18.9 Å². The minimum atomic E-state index is -1.21. The Balaban J connectivity index is 1.54. The number of ether oxygens (including phenoxy) is 4. The van der Waals surface area contributed by atoms with E-state index in [1.54, 1.807) is 58.0 Å². The summed E-state index contributed by atoms with van der Waals surface area (Å²) < 4.78 is 22.0. The van der Waals surface area contributed by atoms with Crippen LogP contribution in [-0.4, -0.2) is 29.3 Å². The average molecular weight is 671 g/mol. The van der Waals surface area contributed by atoms with Crippen LogP contribution in [0.5, 0.6) is 23.0 Å². The second-order valence-electron chi connectivity index (χ2n) is 11.7. The summed E-state index contributed by atoms with van der Waals surface area (Å²) in [6.45, 7) is 20.9. The Kier molecular flexibility index (Phi) is 11.9. The first-order valence-electron chi connectivity index (χ1n) is 15.5. The maximum absolute atomic E-state index is 12.4. The number of hydrogen-bond donors (Lipinski definition) is 1. The summed E-state index contributed by atoms with van der Waals surface area (Å²) in [6, 6.07) is 25.1. The molecule has 0 aliphatic rings. The highest BCUT2D eigenvalue weighted by Crippen LogP contribution is 2.36. The van der Waals surface area contributed by atoms with E-state index in [9.17, 15) is 19.5 Å². The normalized spacial score (nSPS) is 11.3. The number of esters is 3. The molecule has 0 radical (unpaired) electrons. The second-order valence-corrected chi connectivity index (χ2v) is 11.7. The highest BCUT2D eigenvalue weighted by atomic mass is 16.6. The first kappa shape index (κ1) is 36.6. The molecule has 0 saturated heterocycles. The molecule has 0 spiro atoms. The van der Waals surface area contributed by atoms with Gasteiger partial charge in [0.25, 0.3) is 0 Å². The van der Waals surface area contributed by atoms with Crippen molar-refractivity contribution >= 4 is 30.1 Å². The van der Waals surface area contributed by atoms with Gasteiger partial charge in [0, 0.05) is 40.0 Å². The number of hydrogen-bond acceptors (Lipinski definition) is 8.